The molecule has 2 heterocycles. The van der Waals surface area contributed by atoms with E-state index in [0.717, 1.165) is 33.3 Å². The third kappa shape index (κ3) is 3.14. The van der Waals surface area contributed by atoms with Crippen LogP contribution in [0, 0.1) is 22.0 Å². The number of carbonyl (C=O) groups excluding carboxylic acids is 2. The van der Waals surface area contributed by atoms with Gasteiger partial charge in [-0.3, -0.25) is 19.7 Å². The molecule has 3 aliphatic carbocycles. The predicted molar refractivity (Wildman–Crippen MR) is 156 cm³/mol. The van der Waals surface area contributed by atoms with E-state index in [0.29, 0.717) is 11.6 Å². The number of benzene rings is 4. The van der Waals surface area contributed by atoms with Crippen molar-refractivity contribution in [3.8, 4) is 0 Å². The minimum Gasteiger partial charge on any atom is -0.323 e. The smallest absolute Gasteiger partial charge is 0.269 e. The number of para-hydroxylation sites is 2. The molecule has 204 valence electrons. The number of non-ortho nitro benzene ring substituents is 1. The molecule has 5 aromatic rings. The van der Waals surface area contributed by atoms with E-state index in [4.69, 9.17) is 0 Å². The van der Waals surface area contributed by atoms with Crippen molar-refractivity contribution in [2.45, 2.75) is 11.3 Å². The number of amides is 2. The number of hydrogen-bond acceptors (Lipinski definition) is 7. The van der Waals surface area contributed by atoms with Crippen molar-refractivity contribution in [2.75, 3.05) is 10.3 Å². The summed E-state index contributed by atoms with van der Waals surface area (Å²) in [5.74, 6) is -1.99. The molecule has 2 atom stereocenters. The lowest BCUT2D eigenvalue weighted by molar-refractivity contribution is -0.384. The summed E-state index contributed by atoms with van der Waals surface area (Å²) in [5.41, 5.74) is 7.64. The zero-order valence-electron chi connectivity index (χ0n) is 22.0. The Balaban J connectivity index is 1.29. The maximum absolute atomic E-state index is 14.4. The van der Waals surface area contributed by atoms with Crippen LogP contribution in [0.3, 0.4) is 0 Å². The summed E-state index contributed by atoms with van der Waals surface area (Å²) < 4.78 is 0. The van der Waals surface area contributed by atoms with Crippen LogP contribution in [0.25, 0.3) is 11.0 Å². The van der Waals surface area contributed by atoms with Crippen LogP contribution in [0.15, 0.2) is 102 Å². The predicted octanol–water partition coefficient (Wildman–Crippen LogP) is 5.12. The van der Waals surface area contributed by atoms with E-state index in [1.807, 2.05) is 72.8 Å². The Morgan fingerprint density at radius 3 is 2.19 bits per heavy atom. The molecule has 2 bridgehead atoms. The van der Waals surface area contributed by atoms with Crippen molar-refractivity contribution in [1.29, 1.82) is 0 Å². The molecule has 10 nitrogen and oxygen atoms in total. The van der Waals surface area contributed by atoms with Crippen LogP contribution in [-0.2, 0) is 15.0 Å². The summed E-state index contributed by atoms with van der Waals surface area (Å²) in [6.07, 6.45) is 1.75. The molecule has 1 aliphatic heterocycles. The Morgan fingerprint density at radius 1 is 0.881 bits per heavy atom. The monoisotopic (exact) mass is 554 g/mol. The van der Waals surface area contributed by atoms with Gasteiger partial charge in [0, 0.05) is 24.3 Å². The zero-order valence-corrected chi connectivity index (χ0v) is 22.0. The van der Waals surface area contributed by atoms with E-state index in [9.17, 15) is 19.7 Å². The molecule has 1 aromatic heterocycles. The van der Waals surface area contributed by atoms with E-state index < -0.39 is 22.2 Å². The van der Waals surface area contributed by atoms with Crippen LogP contribution in [-0.4, -0.2) is 32.9 Å². The Morgan fingerprint density at radius 2 is 1.52 bits per heavy atom. The maximum atomic E-state index is 14.4. The average molecular weight is 555 g/mol. The Labute approximate surface area is 238 Å². The molecular formula is C32H22N6O4. The van der Waals surface area contributed by atoms with Crippen LogP contribution >= 0.6 is 0 Å². The number of rotatable bonds is 5. The van der Waals surface area contributed by atoms with Gasteiger partial charge in [0.2, 0.25) is 17.8 Å². The molecule has 1 fully saturated rings. The van der Waals surface area contributed by atoms with Crippen LogP contribution in [0.5, 0.6) is 0 Å². The minimum atomic E-state index is -1.05. The quantitative estimate of drug-likeness (QED) is 0.134. The van der Waals surface area contributed by atoms with Crippen molar-refractivity contribution in [3.05, 3.63) is 129 Å². The molecule has 2 N–H and O–H groups in total. The highest BCUT2D eigenvalue weighted by molar-refractivity contribution is 6.25. The van der Waals surface area contributed by atoms with Gasteiger partial charge in [0.1, 0.15) is 0 Å². The van der Waals surface area contributed by atoms with Gasteiger partial charge in [0.25, 0.3) is 5.69 Å². The van der Waals surface area contributed by atoms with Gasteiger partial charge in [-0.05, 0) is 46.5 Å². The van der Waals surface area contributed by atoms with Crippen molar-refractivity contribution in [1.82, 2.24) is 9.97 Å². The minimum absolute atomic E-state index is 0.115. The largest absolute Gasteiger partial charge is 0.323 e. The molecule has 0 unspecified atom stereocenters. The van der Waals surface area contributed by atoms with Gasteiger partial charge in [-0.1, -0.05) is 60.7 Å². The highest BCUT2D eigenvalue weighted by atomic mass is 16.6. The van der Waals surface area contributed by atoms with E-state index >= 15 is 0 Å². The van der Waals surface area contributed by atoms with Crippen LogP contribution in [0.4, 0.5) is 17.3 Å². The highest BCUT2D eigenvalue weighted by Gasteiger charge is 2.68. The number of hydrazone groups is 1. The highest BCUT2D eigenvalue weighted by Crippen LogP contribution is 2.63. The van der Waals surface area contributed by atoms with Gasteiger partial charge in [-0.15, -0.1) is 0 Å². The molecule has 0 spiro atoms. The number of aromatic nitrogens is 2. The first-order chi connectivity index (χ1) is 20.5. The van der Waals surface area contributed by atoms with Crippen LogP contribution in [0.2, 0.25) is 0 Å². The molecule has 4 aliphatic rings. The second kappa shape index (κ2) is 8.68. The number of fused-ring (bicyclic) bond motifs is 1. The first kappa shape index (κ1) is 24.2. The number of hydrogen-bond donors (Lipinski definition) is 2. The van der Waals surface area contributed by atoms with Crippen LogP contribution < -0.4 is 10.3 Å². The molecule has 2 amide bonds. The van der Waals surface area contributed by atoms with Gasteiger partial charge in [-0.2, -0.15) is 5.10 Å². The standard InChI is InChI=1S/C32H22N6O4/c39-29-27-26-20-7-1-3-9-22(20)32(23-10-4-2-8-21(23)26,17-33-36-31-34-24-11-5-6-12-25(24)35-31)28(27)30(40)37(29)18-13-15-19(16-14-18)38(41)42/h1-17,26-28H,(H2,34,35,36)/b33-17-/t26?,27-,28-,32?/m1/s1. The van der Waals surface area contributed by atoms with E-state index in [1.165, 1.54) is 29.2 Å². The third-order valence-electron chi connectivity index (χ3n) is 8.83. The number of anilines is 2. The number of H-pyrrole nitrogens is 1. The number of imidazole rings is 1. The number of aromatic amines is 1. The summed E-state index contributed by atoms with van der Waals surface area (Å²) in [6.45, 7) is 0. The fraction of sp³-hybridized carbons (Fsp3) is 0.125. The normalized spacial score (nSPS) is 23.7. The van der Waals surface area contributed by atoms with Gasteiger partial charge >= 0.3 is 0 Å². The third-order valence-corrected chi connectivity index (χ3v) is 8.83. The summed E-state index contributed by atoms with van der Waals surface area (Å²) in [6, 6.07) is 29.0. The molecule has 9 rings (SSSR count). The number of nitrogens with zero attached hydrogens (tertiary/aromatic N) is 4. The van der Waals surface area contributed by atoms with Crippen molar-refractivity contribution < 1.29 is 14.5 Å². The van der Waals surface area contributed by atoms with E-state index in [2.05, 4.69) is 20.5 Å². The number of carbonyl (C=O) groups is 2. The fourth-order valence-corrected chi connectivity index (χ4v) is 7.23. The molecular weight excluding hydrogens is 532 g/mol. The molecule has 0 radical (unpaired) electrons. The zero-order chi connectivity index (χ0) is 28.6. The topological polar surface area (TPSA) is 134 Å². The van der Waals surface area contributed by atoms with Gasteiger partial charge < -0.3 is 4.98 Å². The van der Waals surface area contributed by atoms with E-state index in [1.54, 1.807) is 6.21 Å². The van der Waals surface area contributed by atoms with Gasteiger partial charge in [0.15, 0.2) is 0 Å². The van der Waals surface area contributed by atoms with Crippen molar-refractivity contribution in [2.24, 2.45) is 16.9 Å². The lowest BCUT2D eigenvalue weighted by Crippen LogP contribution is -2.54. The van der Waals surface area contributed by atoms with Crippen molar-refractivity contribution >= 4 is 46.4 Å². The first-order valence-electron chi connectivity index (χ1n) is 13.5. The second-order valence-corrected chi connectivity index (χ2v) is 10.8. The van der Waals surface area contributed by atoms with Crippen LogP contribution in [0.1, 0.15) is 28.2 Å². The SMILES string of the molecule is O=C1[C@@H]2C3c4ccccc4C(/C=N\Nc4nc5ccccc5[nH]4)(c4ccccc43)[C@H]2C(=O)N1c1ccc([N+](=O)[O-])cc1. The summed E-state index contributed by atoms with van der Waals surface area (Å²) >= 11 is 0. The second-order valence-electron chi connectivity index (χ2n) is 10.8. The fourth-order valence-electron chi connectivity index (χ4n) is 7.23. The molecule has 1 saturated heterocycles. The number of imide groups is 1. The molecule has 4 aromatic carbocycles. The molecule has 10 heteroatoms. The van der Waals surface area contributed by atoms with Gasteiger partial charge in [-0.25, -0.2) is 15.3 Å². The lowest BCUT2D eigenvalue weighted by atomic mass is 9.47. The lowest BCUT2D eigenvalue weighted by Gasteiger charge is -2.52. The maximum Gasteiger partial charge on any atom is 0.269 e. The summed E-state index contributed by atoms with van der Waals surface area (Å²) in [4.78, 5) is 48.3. The number of nitrogens with one attached hydrogen (secondary N) is 2. The molecule has 42 heavy (non-hydrogen) atoms. The summed E-state index contributed by atoms with van der Waals surface area (Å²) in [5, 5.41) is 15.9. The van der Waals surface area contributed by atoms with E-state index in [-0.39, 0.29) is 23.4 Å². The average Bonchev–Trinajstić information content (AvgIpc) is 3.55. The Bertz CT molecular complexity index is 1900. The number of nitro groups is 1. The Kier molecular flexibility index (Phi) is 5.00. The van der Waals surface area contributed by atoms with Gasteiger partial charge in [0.05, 0.1) is 38.9 Å². The Hall–Kier alpha value is -5.64. The summed E-state index contributed by atoms with van der Waals surface area (Å²) in [7, 11) is 0. The first-order valence-corrected chi connectivity index (χ1v) is 13.5. The number of nitro benzene ring substituents is 1. The molecule has 0 saturated carbocycles. The van der Waals surface area contributed by atoms with Crippen molar-refractivity contribution in [3.63, 3.8) is 0 Å².